The molecule has 0 saturated heterocycles. The van der Waals surface area contributed by atoms with Gasteiger partial charge in [0, 0.05) is 13.5 Å². The van der Waals surface area contributed by atoms with E-state index in [-0.39, 0.29) is 6.61 Å². The Balaban J connectivity index is 3.49. The SMILES string of the molecule is CCOC(CO)OC(C)=O. The van der Waals surface area contributed by atoms with Crippen molar-refractivity contribution >= 4 is 5.97 Å². The second kappa shape index (κ2) is 5.20. The molecule has 0 aromatic rings. The van der Waals surface area contributed by atoms with Crippen LogP contribution in [0.4, 0.5) is 0 Å². The summed E-state index contributed by atoms with van der Waals surface area (Å²) in [4.78, 5) is 10.3. The predicted molar refractivity (Wildman–Crippen MR) is 34.3 cm³/mol. The summed E-state index contributed by atoms with van der Waals surface area (Å²) < 4.78 is 9.34. The lowest BCUT2D eigenvalue weighted by molar-refractivity contribution is -0.183. The van der Waals surface area contributed by atoms with Crippen molar-refractivity contribution in [3.05, 3.63) is 0 Å². The van der Waals surface area contributed by atoms with Crippen molar-refractivity contribution in [1.82, 2.24) is 0 Å². The summed E-state index contributed by atoms with van der Waals surface area (Å²) in [5, 5.41) is 8.50. The molecule has 4 nitrogen and oxygen atoms in total. The number of hydrogen-bond donors (Lipinski definition) is 1. The van der Waals surface area contributed by atoms with Crippen molar-refractivity contribution in [2.75, 3.05) is 13.2 Å². The molecule has 4 heteroatoms. The number of carbonyl (C=O) groups is 1. The Morgan fingerprint density at radius 3 is 2.60 bits per heavy atom. The number of ether oxygens (including phenoxy) is 2. The van der Waals surface area contributed by atoms with E-state index in [1.54, 1.807) is 6.92 Å². The van der Waals surface area contributed by atoms with Crippen LogP contribution in [-0.4, -0.2) is 30.6 Å². The van der Waals surface area contributed by atoms with Crippen LogP contribution in [0, 0.1) is 0 Å². The highest BCUT2D eigenvalue weighted by Gasteiger charge is 2.08. The fourth-order valence-corrected chi connectivity index (χ4v) is 0.495. The van der Waals surface area contributed by atoms with E-state index >= 15 is 0 Å². The van der Waals surface area contributed by atoms with Gasteiger partial charge < -0.3 is 14.6 Å². The van der Waals surface area contributed by atoms with Crippen LogP contribution in [0.5, 0.6) is 0 Å². The van der Waals surface area contributed by atoms with Crippen molar-refractivity contribution < 1.29 is 19.4 Å². The molecule has 0 fully saturated rings. The van der Waals surface area contributed by atoms with Gasteiger partial charge in [0.1, 0.15) is 6.61 Å². The number of aliphatic hydroxyl groups excluding tert-OH is 1. The molecule has 0 aromatic heterocycles. The zero-order chi connectivity index (χ0) is 7.98. The number of hydrogen-bond acceptors (Lipinski definition) is 4. The van der Waals surface area contributed by atoms with E-state index in [1.807, 2.05) is 0 Å². The van der Waals surface area contributed by atoms with Gasteiger partial charge in [0.05, 0.1) is 0 Å². The molecule has 1 unspecified atom stereocenters. The standard InChI is InChI=1S/C6H12O4/c1-3-9-6(4-7)10-5(2)8/h6-7H,3-4H2,1-2H3. The molecular weight excluding hydrogens is 136 g/mol. The van der Waals surface area contributed by atoms with Crippen molar-refractivity contribution in [2.45, 2.75) is 20.1 Å². The van der Waals surface area contributed by atoms with E-state index < -0.39 is 12.3 Å². The fourth-order valence-electron chi connectivity index (χ4n) is 0.495. The van der Waals surface area contributed by atoms with E-state index in [0.29, 0.717) is 6.61 Å². The number of aliphatic hydroxyl groups is 1. The molecule has 1 N–H and O–H groups in total. The second-order valence-corrected chi connectivity index (χ2v) is 1.68. The van der Waals surface area contributed by atoms with Gasteiger partial charge in [-0.15, -0.1) is 0 Å². The summed E-state index contributed by atoms with van der Waals surface area (Å²) >= 11 is 0. The zero-order valence-corrected chi connectivity index (χ0v) is 6.16. The fraction of sp³-hybridized carbons (Fsp3) is 0.833. The van der Waals surface area contributed by atoms with E-state index in [0.717, 1.165) is 0 Å². The molecule has 0 aliphatic rings. The number of carbonyl (C=O) groups excluding carboxylic acids is 1. The third-order valence-electron chi connectivity index (χ3n) is 0.799. The minimum absolute atomic E-state index is 0.298. The average molecular weight is 148 g/mol. The van der Waals surface area contributed by atoms with Gasteiger partial charge >= 0.3 is 5.97 Å². The van der Waals surface area contributed by atoms with Crippen molar-refractivity contribution in [2.24, 2.45) is 0 Å². The Hall–Kier alpha value is -0.610. The Labute approximate surface area is 59.7 Å². The Kier molecular flexibility index (Phi) is 4.88. The molecule has 0 aromatic carbocycles. The molecule has 10 heavy (non-hydrogen) atoms. The summed E-state index contributed by atoms with van der Waals surface area (Å²) in [5.74, 6) is -0.451. The van der Waals surface area contributed by atoms with Crippen LogP contribution >= 0.6 is 0 Å². The third-order valence-corrected chi connectivity index (χ3v) is 0.799. The van der Waals surface area contributed by atoms with Gasteiger partial charge in [0.25, 0.3) is 0 Å². The summed E-state index contributed by atoms with van der Waals surface area (Å²) in [6.45, 7) is 3.14. The molecule has 0 aliphatic carbocycles. The van der Waals surface area contributed by atoms with E-state index in [1.165, 1.54) is 6.92 Å². The molecule has 0 aliphatic heterocycles. The molecule has 0 bridgehead atoms. The maximum absolute atomic E-state index is 10.3. The van der Waals surface area contributed by atoms with Gasteiger partial charge in [0.2, 0.25) is 6.29 Å². The molecular formula is C6H12O4. The van der Waals surface area contributed by atoms with Gasteiger partial charge in [-0.1, -0.05) is 0 Å². The second-order valence-electron chi connectivity index (χ2n) is 1.68. The zero-order valence-electron chi connectivity index (χ0n) is 6.16. The molecule has 0 rings (SSSR count). The highest BCUT2D eigenvalue weighted by Crippen LogP contribution is 1.93. The Morgan fingerprint density at radius 2 is 2.30 bits per heavy atom. The van der Waals surface area contributed by atoms with E-state index in [4.69, 9.17) is 9.84 Å². The van der Waals surface area contributed by atoms with Crippen LogP contribution < -0.4 is 0 Å². The molecule has 0 amide bonds. The van der Waals surface area contributed by atoms with Gasteiger partial charge in [-0.25, -0.2) is 0 Å². The van der Waals surface area contributed by atoms with Crippen LogP contribution in [0.1, 0.15) is 13.8 Å². The van der Waals surface area contributed by atoms with Gasteiger partial charge in [-0.2, -0.15) is 0 Å². The topological polar surface area (TPSA) is 55.8 Å². The smallest absolute Gasteiger partial charge is 0.305 e. The maximum atomic E-state index is 10.3. The first-order valence-corrected chi connectivity index (χ1v) is 3.10. The molecule has 1 atom stereocenters. The van der Waals surface area contributed by atoms with Crippen molar-refractivity contribution in [3.8, 4) is 0 Å². The highest BCUT2D eigenvalue weighted by atomic mass is 16.7. The van der Waals surface area contributed by atoms with Crippen molar-refractivity contribution in [1.29, 1.82) is 0 Å². The van der Waals surface area contributed by atoms with Gasteiger partial charge in [0.15, 0.2) is 0 Å². The lowest BCUT2D eigenvalue weighted by Crippen LogP contribution is -2.23. The molecule has 0 radical (unpaired) electrons. The van der Waals surface area contributed by atoms with Crippen molar-refractivity contribution in [3.63, 3.8) is 0 Å². The van der Waals surface area contributed by atoms with Gasteiger partial charge in [-0.05, 0) is 6.92 Å². The van der Waals surface area contributed by atoms with Crippen LogP contribution in [0.2, 0.25) is 0 Å². The lowest BCUT2D eigenvalue weighted by atomic mass is 10.6. The number of rotatable bonds is 4. The minimum Gasteiger partial charge on any atom is -0.433 e. The van der Waals surface area contributed by atoms with Gasteiger partial charge in [-0.3, -0.25) is 4.79 Å². The first-order chi connectivity index (χ1) is 4.70. The number of esters is 1. The average Bonchev–Trinajstić information content (AvgIpc) is 1.86. The molecule has 0 saturated carbocycles. The normalized spacial score (nSPS) is 12.7. The van der Waals surface area contributed by atoms with E-state index in [9.17, 15) is 4.79 Å². The maximum Gasteiger partial charge on any atom is 0.305 e. The predicted octanol–water partition coefficient (Wildman–Crippen LogP) is -0.0956. The first kappa shape index (κ1) is 9.39. The van der Waals surface area contributed by atoms with Crippen LogP contribution in [0.25, 0.3) is 0 Å². The molecule has 0 heterocycles. The quantitative estimate of drug-likeness (QED) is 0.447. The largest absolute Gasteiger partial charge is 0.433 e. The highest BCUT2D eigenvalue weighted by molar-refractivity contribution is 5.66. The summed E-state index contributed by atoms with van der Waals surface area (Å²) in [6, 6.07) is 0. The monoisotopic (exact) mass is 148 g/mol. The van der Waals surface area contributed by atoms with Crippen LogP contribution in [0.3, 0.4) is 0 Å². The Bertz CT molecular complexity index is 102. The van der Waals surface area contributed by atoms with Crippen LogP contribution in [-0.2, 0) is 14.3 Å². The molecule has 0 spiro atoms. The molecule has 60 valence electrons. The van der Waals surface area contributed by atoms with Crippen LogP contribution in [0.15, 0.2) is 0 Å². The first-order valence-electron chi connectivity index (χ1n) is 3.10. The summed E-state index contributed by atoms with van der Waals surface area (Å²) in [6.07, 6.45) is -0.803. The Morgan fingerprint density at radius 1 is 1.70 bits per heavy atom. The summed E-state index contributed by atoms with van der Waals surface area (Å²) in [5.41, 5.74) is 0. The third kappa shape index (κ3) is 4.29. The van der Waals surface area contributed by atoms with E-state index in [2.05, 4.69) is 4.74 Å². The lowest BCUT2D eigenvalue weighted by Gasteiger charge is -2.12. The minimum atomic E-state index is -0.803. The summed E-state index contributed by atoms with van der Waals surface area (Å²) in [7, 11) is 0.